The van der Waals surface area contributed by atoms with Gasteiger partial charge in [0.25, 0.3) is 0 Å². The maximum Gasteiger partial charge on any atom is 0.120 e. The van der Waals surface area contributed by atoms with E-state index in [2.05, 4.69) is 23.1 Å². The molecule has 1 atom stereocenters. The minimum atomic E-state index is 0.00394. The number of nitrogens with two attached hydrogens (primary N) is 1. The number of hydrogen-bond acceptors (Lipinski definition) is 3. The molecule has 0 saturated carbocycles. The molecule has 0 radical (unpaired) electrons. The third-order valence-electron chi connectivity index (χ3n) is 3.23. The molecule has 0 aliphatic heterocycles. The number of nitrogens with zero attached hydrogens (tertiary/aromatic N) is 1. The van der Waals surface area contributed by atoms with Crippen LogP contribution in [0, 0.1) is 0 Å². The SMILES string of the molecule is COc1cccc(N(C)c2ccccc2[C@H](C)N)c1. The van der Waals surface area contributed by atoms with Crippen LogP contribution in [0.5, 0.6) is 5.75 Å². The summed E-state index contributed by atoms with van der Waals surface area (Å²) >= 11 is 0. The van der Waals surface area contributed by atoms with Crippen LogP contribution in [0.15, 0.2) is 48.5 Å². The number of benzene rings is 2. The molecule has 0 fully saturated rings. The van der Waals surface area contributed by atoms with Crippen molar-refractivity contribution in [2.75, 3.05) is 19.1 Å². The van der Waals surface area contributed by atoms with E-state index in [4.69, 9.17) is 10.5 Å². The maximum absolute atomic E-state index is 6.04. The standard InChI is InChI=1S/C16H20N2O/c1-12(17)15-9-4-5-10-16(15)18(2)13-7-6-8-14(11-13)19-3/h4-12H,17H2,1-3H3/t12-/m0/s1. The number of methoxy groups -OCH3 is 1. The molecule has 2 aromatic carbocycles. The van der Waals surface area contributed by atoms with E-state index in [0.717, 1.165) is 22.7 Å². The second-order valence-electron chi connectivity index (χ2n) is 4.61. The average Bonchev–Trinajstić information content (AvgIpc) is 2.46. The molecule has 19 heavy (non-hydrogen) atoms. The minimum absolute atomic E-state index is 0.00394. The quantitative estimate of drug-likeness (QED) is 0.910. The molecule has 100 valence electrons. The third kappa shape index (κ3) is 2.88. The Kier molecular flexibility index (Phi) is 4.07. The van der Waals surface area contributed by atoms with E-state index < -0.39 is 0 Å². The van der Waals surface area contributed by atoms with Gasteiger partial charge in [-0.1, -0.05) is 24.3 Å². The van der Waals surface area contributed by atoms with Crippen molar-refractivity contribution in [3.05, 3.63) is 54.1 Å². The number of rotatable bonds is 4. The summed E-state index contributed by atoms with van der Waals surface area (Å²) in [7, 11) is 3.71. The van der Waals surface area contributed by atoms with Crippen LogP contribution in [0.25, 0.3) is 0 Å². The molecule has 0 aliphatic carbocycles. The fraction of sp³-hybridized carbons (Fsp3) is 0.250. The highest BCUT2D eigenvalue weighted by atomic mass is 16.5. The van der Waals surface area contributed by atoms with Crippen LogP contribution in [0.3, 0.4) is 0 Å². The van der Waals surface area contributed by atoms with E-state index in [9.17, 15) is 0 Å². The van der Waals surface area contributed by atoms with Crippen molar-refractivity contribution in [2.24, 2.45) is 5.73 Å². The van der Waals surface area contributed by atoms with Crippen molar-refractivity contribution < 1.29 is 4.74 Å². The van der Waals surface area contributed by atoms with Crippen LogP contribution in [0.1, 0.15) is 18.5 Å². The first kappa shape index (κ1) is 13.4. The molecule has 0 heterocycles. The second kappa shape index (κ2) is 5.76. The third-order valence-corrected chi connectivity index (χ3v) is 3.23. The maximum atomic E-state index is 6.04. The van der Waals surface area contributed by atoms with Crippen LogP contribution >= 0.6 is 0 Å². The Hall–Kier alpha value is -2.00. The Morgan fingerprint density at radius 3 is 2.53 bits per heavy atom. The van der Waals surface area contributed by atoms with Gasteiger partial charge in [0.1, 0.15) is 5.75 Å². The molecular formula is C16H20N2O. The van der Waals surface area contributed by atoms with Crippen LogP contribution in [0.4, 0.5) is 11.4 Å². The average molecular weight is 256 g/mol. The normalized spacial score (nSPS) is 12.0. The summed E-state index contributed by atoms with van der Waals surface area (Å²) < 4.78 is 5.27. The van der Waals surface area contributed by atoms with Crippen molar-refractivity contribution >= 4 is 11.4 Å². The molecule has 0 bridgehead atoms. The minimum Gasteiger partial charge on any atom is -0.497 e. The van der Waals surface area contributed by atoms with Crippen LogP contribution in [-0.2, 0) is 0 Å². The monoisotopic (exact) mass is 256 g/mol. The molecular weight excluding hydrogens is 236 g/mol. The number of anilines is 2. The fourth-order valence-electron chi connectivity index (χ4n) is 2.14. The van der Waals surface area contributed by atoms with E-state index >= 15 is 0 Å². The Morgan fingerprint density at radius 1 is 1.11 bits per heavy atom. The van der Waals surface area contributed by atoms with E-state index in [-0.39, 0.29) is 6.04 Å². The summed E-state index contributed by atoms with van der Waals surface area (Å²) in [6, 6.07) is 16.2. The molecule has 2 N–H and O–H groups in total. The molecule has 0 amide bonds. The van der Waals surface area contributed by atoms with Gasteiger partial charge in [0.05, 0.1) is 7.11 Å². The van der Waals surface area contributed by atoms with Gasteiger partial charge >= 0.3 is 0 Å². The molecule has 0 spiro atoms. The van der Waals surface area contributed by atoms with Gasteiger partial charge in [0.15, 0.2) is 0 Å². The number of hydrogen-bond donors (Lipinski definition) is 1. The lowest BCUT2D eigenvalue weighted by Crippen LogP contribution is -2.15. The highest BCUT2D eigenvalue weighted by Crippen LogP contribution is 2.31. The largest absolute Gasteiger partial charge is 0.497 e. The van der Waals surface area contributed by atoms with Crippen LogP contribution in [0.2, 0.25) is 0 Å². The van der Waals surface area contributed by atoms with E-state index in [1.54, 1.807) is 7.11 Å². The number of para-hydroxylation sites is 1. The first-order valence-corrected chi connectivity index (χ1v) is 6.35. The van der Waals surface area contributed by atoms with Crippen LogP contribution < -0.4 is 15.4 Å². The topological polar surface area (TPSA) is 38.5 Å². The van der Waals surface area contributed by atoms with Gasteiger partial charge in [0, 0.05) is 30.5 Å². The van der Waals surface area contributed by atoms with Gasteiger partial charge in [-0.3, -0.25) is 0 Å². The predicted molar refractivity (Wildman–Crippen MR) is 80.1 cm³/mol. The first-order valence-electron chi connectivity index (χ1n) is 6.35. The van der Waals surface area contributed by atoms with Gasteiger partial charge in [-0.2, -0.15) is 0 Å². The molecule has 3 heteroatoms. The summed E-state index contributed by atoms with van der Waals surface area (Å²) in [6.07, 6.45) is 0. The van der Waals surface area contributed by atoms with Crippen molar-refractivity contribution in [2.45, 2.75) is 13.0 Å². The lowest BCUT2D eigenvalue weighted by molar-refractivity contribution is 0.415. The van der Waals surface area contributed by atoms with Crippen molar-refractivity contribution in [3.63, 3.8) is 0 Å². The highest BCUT2D eigenvalue weighted by molar-refractivity contribution is 5.67. The molecule has 0 saturated heterocycles. The van der Waals surface area contributed by atoms with Gasteiger partial charge in [-0.05, 0) is 30.7 Å². The zero-order valence-corrected chi connectivity index (χ0v) is 11.6. The van der Waals surface area contributed by atoms with Crippen molar-refractivity contribution in [3.8, 4) is 5.75 Å². The Labute approximate surface area is 114 Å². The van der Waals surface area contributed by atoms with Crippen LogP contribution in [-0.4, -0.2) is 14.2 Å². The first-order chi connectivity index (χ1) is 9.13. The fourth-order valence-corrected chi connectivity index (χ4v) is 2.14. The second-order valence-corrected chi connectivity index (χ2v) is 4.61. The van der Waals surface area contributed by atoms with Gasteiger partial charge in [-0.25, -0.2) is 0 Å². The summed E-state index contributed by atoms with van der Waals surface area (Å²) in [5.74, 6) is 0.850. The Balaban J connectivity index is 2.40. The van der Waals surface area contributed by atoms with Crippen molar-refractivity contribution in [1.82, 2.24) is 0 Å². The Morgan fingerprint density at radius 2 is 1.84 bits per heavy atom. The van der Waals surface area contributed by atoms with E-state index in [1.807, 2.05) is 44.3 Å². The summed E-state index contributed by atoms with van der Waals surface area (Å²) in [6.45, 7) is 2.00. The summed E-state index contributed by atoms with van der Waals surface area (Å²) in [5.41, 5.74) is 9.36. The molecule has 3 nitrogen and oxygen atoms in total. The van der Waals surface area contributed by atoms with Gasteiger partial charge in [-0.15, -0.1) is 0 Å². The lowest BCUT2D eigenvalue weighted by atomic mass is 10.1. The molecule has 2 rings (SSSR count). The zero-order valence-electron chi connectivity index (χ0n) is 11.6. The zero-order chi connectivity index (χ0) is 13.8. The molecule has 0 aliphatic rings. The van der Waals surface area contributed by atoms with E-state index in [0.29, 0.717) is 0 Å². The van der Waals surface area contributed by atoms with Crippen molar-refractivity contribution in [1.29, 1.82) is 0 Å². The smallest absolute Gasteiger partial charge is 0.120 e. The Bertz CT molecular complexity index is 552. The lowest BCUT2D eigenvalue weighted by Gasteiger charge is -2.24. The van der Waals surface area contributed by atoms with E-state index in [1.165, 1.54) is 0 Å². The molecule has 0 unspecified atom stereocenters. The predicted octanol–water partition coefficient (Wildman–Crippen LogP) is 3.48. The van der Waals surface area contributed by atoms with Gasteiger partial charge in [0.2, 0.25) is 0 Å². The summed E-state index contributed by atoms with van der Waals surface area (Å²) in [4.78, 5) is 2.13. The molecule has 0 aromatic heterocycles. The highest BCUT2D eigenvalue weighted by Gasteiger charge is 2.11. The molecule has 2 aromatic rings. The summed E-state index contributed by atoms with van der Waals surface area (Å²) in [5, 5.41) is 0. The number of ether oxygens (including phenoxy) is 1. The van der Waals surface area contributed by atoms with Gasteiger partial charge < -0.3 is 15.4 Å².